The highest BCUT2D eigenvalue weighted by atomic mass is 32.1. The van der Waals surface area contributed by atoms with E-state index in [9.17, 15) is 9.59 Å². The molecule has 0 radical (unpaired) electrons. The average molecular weight is 359 g/mol. The molecule has 0 saturated carbocycles. The number of hydrazine groups is 1. The molecule has 0 unspecified atom stereocenters. The van der Waals surface area contributed by atoms with Gasteiger partial charge in [-0.3, -0.25) is 25.8 Å². The molecular formula is C17H17N3O4S. The zero-order valence-electron chi connectivity index (χ0n) is 13.4. The number of hydrogen-bond acceptors (Lipinski definition) is 5. The Hall–Kier alpha value is -3.13. The summed E-state index contributed by atoms with van der Waals surface area (Å²) in [5, 5.41) is 2.38. The summed E-state index contributed by atoms with van der Waals surface area (Å²) in [6.07, 6.45) is 4.43. The first-order valence-corrected chi connectivity index (χ1v) is 7.72. The number of ether oxygens (including phenoxy) is 1. The minimum atomic E-state index is -0.446. The molecule has 0 spiro atoms. The van der Waals surface area contributed by atoms with E-state index >= 15 is 0 Å². The van der Waals surface area contributed by atoms with Gasteiger partial charge in [0, 0.05) is 6.08 Å². The summed E-state index contributed by atoms with van der Waals surface area (Å²) in [7, 11) is 1.57. The lowest BCUT2D eigenvalue weighted by molar-refractivity contribution is -0.121. The Bertz CT molecular complexity index is 755. The first-order valence-electron chi connectivity index (χ1n) is 7.31. The second kappa shape index (κ2) is 9.24. The number of nitrogens with one attached hydrogen (secondary N) is 3. The Morgan fingerprint density at radius 2 is 1.96 bits per heavy atom. The van der Waals surface area contributed by atoms with Gasteiger partial charge in [0.05, 0.1) is 19.8 Å². The van der Waals surface area contributed by atoms with Crippen LogP contribution in [0.2, 0.25) is 0 Å². The van der Waals surface area contributed by atoms with Crippen molar-refractivity contribution >= 4 is 35.2 Å². The van der Waals surface area contributed by atoms with E-state index < -0.39 is 5.91 Å². The van der Waals surface area contributed by atoms with Gasteiger partial charge in [0.25, 0.3) is 0 Å². The Balaban J connectivity index is 1.71. The topological polar surface area (TPSA) is 92.6 Å². The van der Waals surface area contributed by atoms with Gasteiger partial charge in [0.2, 0.25) is 11.8 Å². The fraction of sp³-hybridized carbons (Fsp3) is 0.118. The first-order chi connectivity index (χ1) is 12.1. The third-order valence-electron chi connectivity index (χ3n) is 3.02. The van der Waals surface area contributed by atoms with Crippen LogP contribution in [0.5, 0.6) is 5.75 Å². The second-order valence-corrected chi connectivity index (χ2v) is 5.27. The predicted octanol–water partition coefficient (Wildman–Crippen LogP) is 1.57. The molecule has 8 heteroatoms. The van der Waals surface area contributed by atoms with E-state index in [0.29, 0.717) is 11.5 Å². The third-order valence-corrected chi connectivity index (χ3v) is 3.22. The summed E-state index contributed by atoms with van der Waals surface area (Å²) in [6.45, 7) is 0. The SMILES string of the molecule is COc1ccc(CC(=O)NNC(=S)NC(=O)/C=C/c2ccco2)cc1. The van der Waals surface area contributed by atoms with Gasteiger partial charge in [-0.2, -0.15) is 0 Å². The predicted molar refractivity (Wildman–Crippen MR) is 96.5 cm³/mol. The zero-order valence-corrected chi connectivity index (χ0v) is 14.3. The fourth-order valence-electron chi connectivity index (χ4n) is 1.83. The van der Waals surface area contributed by atoms with Crippen molar-refractivity contribution in [2.24, 2.45) is 0 Å². The summed E-state index contributed by atoms with van der Waals surface area (Å²) >= 11 is 4.93. The van der Waals surface area contributed by atoms with E-state index in [4.69, 9.17) is 21.4 Å². The van der Waals surface area contributed by atoms with Gasteiger partial charge < -0.3 is 9.15 Å². The van der Waals surface area contributed by atoms with Gasteiger partial charge in [-0.1, -0.05) is 12.1 Å². The number of amides is 2. The number of thiocarbonyl (C=S) groups is 1. The molecule has 2 rings (SSSR count). The number of carbonyl (C=O) groups excluding carboxylic acids is 2. The van der Waals surface area contributed by atoms with Crippen molar-refractivity contribution in [3.63, 3.8) is 0 Å². The Kier molecular flexibility index (Phi) is 6.73. The highest BCUT2D eigenvalue weighted by Gasteiger charge is 2.05. The van der Waals surface area contributed by atoms with Crippen LogP contribution in [0.1, 0.15) is 11.3 Å². The number of rotatable bonds is 5. The van der Waals surface area contributed by atoms with Gasteiger partial charge >= 0.3 is 0 Å². The molecule has 0 fully saturated rings. The molecule has 1 aromatic heterocycles. The summed E-state index contributed by atoms with van der Waals surface area (Å²) in [5.74, 6) is 0.516. The van der Waals surface area contributed by atoms with E-state index in [1.807, 2.05) is 0 Å². The van der Waals surface area contributed by atoms with Gasteiger partial charge in [-0.15, -0.1) is 0 Å². The van der Waals surface area contributed by atoms with Crippen LogP contribution in [-0.4, -0.2) is 24.0 Å². The van der Waals surface area contributed by atoms with Crippen molar-refractivity contribution in [3.8, 4) is 5.75 Å². The normalized spacial score (nSPS) is 10.3. The summed E-state index contributed by atoms with van der Waals surface area (Å²) < 4.78 is 10.1. The zero-order chi connectivity index (χ0) is 18.1. The quantitative estimate of drug-likeness (QED) is 0.426. The number of hydrogen-bond donors (Lipinski definition) is 3. The van der Waals surface area contributed by atoms with Crippen molar-refractivity contribution in [2.75, 3.05) is 7.11 Å². The number of furan rings is 1. The molecule has 0 aliphatic heterocycles. The molecule has 0 saturated heterocycles. The van der Waals surface area contributed by atoms with Crippen LogP contribution < -0.4 is 20.9 Å². The molecule has 25 heavy (non-hydrogen) atoms. The van der Waals surface area contributed by atoms with Gasteiger partial charge in [-0.05, 0) is 48.1 Å². The van der Waals surface area contributed by atoms with Crippen LogP contribution in [0.15, 0.2) is 53.2 Å². The fourth-order valence-corrected chi connectivity index (χ4v) is 1.98. The van der Waals surface area contributed by atoms with Crippen molar-refractivity contribution in [3.05, 3.63) is 60.1 Å². The van der Waals surface area contributed by atoms with Crippen molar-refractivity contribution in [2.45, 2.75) is 6.42 Å². The lowest BCUT2D eigenvalue weighted by Crippen LogP contribution is -2.48. The smallest absolute Gasteiger partial charge is 0.250 e. The van der Waals surface area contributed by atoms with E-state index in [1.54, 1.807) is 43.5 Å². The van der Waals surface area contributed by atoms with E-state index in [0.717, 1.165) is 5.56 Å². The van der Waals surface area contributed by atoms with Crippen LogP contribution in [0.3, 0.4) is 0 Å². The van der Waals surface area contributed by atoms with Gasteiger partial charge in [-0.25, -0.2) is 0 Å². The molecule has 2 aromatic rings. The van der Waals surface area contributed by atoms with Crippen molar-refractivity contribution < 1.29 is 18.7 Å². The highest BCUT2D eigenvalue weighted by molar-refractivity contribution is 7.80. The van der Waals surface area contributed by atoms with Crippen LogP contribution >= 0.6 is 12.2 Å². The Labute approximate surface area is 150 Å². The highest BCUT2D eigenvalue weighted by Crippen LogP contribution is 2.11. The Morgan fingerprint density at radius 3 is 2.60 bits per heavy atom. The summed E-state index contributed by atoms with van der Waals surface area (Å²) in [4.78, 5) is 23.5. The number of benzene rings is 1. The van der Waals surface area contributed by atoms with Crippen molar-refractivity contribution in [1.29, 1.82) is 0 Å². The molecule has 1 aromatic carbocycles. The maximum Gasteiger partial charge on any atom is 0.250 e. The Morgan fingerprint density at radius 1 is 1.20 bits per heavy atom. The van der Waals surface area contributed by atoms with Gasteiger partial charge in [0.1, 0.15) is 11.5 Å². The average Bonchev–Trinajstić information content (AvgIpc) is 3.12. The number of carbonyl (C=O) groups is 2. The van der Waals surface area contributed by atoms with Crippen LogP contribution in [0.25, 0.3) is 6.08 Å². The van der Waals surface area contributed by atoms with E-state index in [-0.39, 0.29) is 17.4 Å². The molecule has 2 amide bonds. The molecule has 130 valence electrons. The lowest BCUT2D eigenvalue weighted by Gasteiger charge is -2.10. The largest absolute Gasteiger partial charge is 0.497 e. The number of methoxy groups -OCH3 is 1. The molecule has 1 heterocycles. The van der Waals surface area contributed by atoms with E-state index in [2.05, 4.69) is 16.2 Å². The molecule has 0 aliphatic rings. The molecular weight excluding hydrogens is 342 g/mol. The first kappa shape index (κ1) is 18.2. The maximum atomic E-state index is 11.8. The molecule has 0 aliphatic carbocycles. The second-order valence-electron chi connectivity index (χ2n) is 4.87. The lowest BCUT2D eigenvalue weighted by atomic mass is 10.1. The molecule has 0 bridgehead atoms. The minimum Gasteiger partial charge on any atom is -0.497 e. The molecule has 7 nitrogen and oxygen atoms in total. The maximum absolute atomic E-state index is 11.8. The van der Waals surface area contributed by atoms with Crippen LogP contribution in [-0.2, 0) is 16.0 Å². The monoisotopic (exact) mass is 359 g/mol. The molecule has 0 atom stereocenters. The van der Waals surface area contributed by atoms with Crippen LogP contribution in [0.4, 0.5) is 0 Å². The minimum absolute atomic E-state index is 0.0165. The van der Waals surface area contributed by atoms with Crippen LogP contribution in [0, 0.1) is 0 Å². The standard InChI is InChI=1S/C17H17N3O4S/c1-23-13-6-4-12(5-7-13)11-16(22)19-20-17(25)18-15(21)9-8-14-3-2-10-24-14/h2-10H,11H2,1H3,(H,19,22)(H2,18,20,21,25)/b9-8+. The third kappa shape index (κ3) is 6.48. The summed E-state index contributed by atoms with van der Waals surface area (Å²) in [5.41, 5.74) is 5.70. The van der Waals surface area contributed by atoms with Crippen molar-refractivity contribution in [1.82, 2.24) is 16.2 Å². The molecule has 3 N–H and O–H groups in total. The van der Waals surface area contributed by atoms with Gasteiger partial charge in [0.15, 0.2) is 5.11 Å². The summed E-state index contributed by atoms with van der Waals surface area (Å²) in [6, 6.07) is 10.5. The van der Waals surface area contributed by atoms with E-state index in [1.165, 1.54) is 18.4 Å².